The molecule has 5 nitrogen and oxygen atoms in total. The Hall–Kier alpha value is -2.04. The van der Waals surface area contributed by atoms with Crippen LogP contribution in [0.3, 0.4) is 0 Å². The first-order valence-electron chi connectivity index (χ1n) is 7.51. The lowest BCUT2D eigenvalue weighted by Crippen LogP contribution is -2.46. The molecule has 0 spiro atoms. The van der Waals surface area contributed by atoms with Gasteiger partial charge in [0.1, 0.15) is 6.04 Å². The third kappa shape index (κ3) is 3.97. The molecule has 1 aliphatic rings. The minimum Gasteiger partial charge on any atom is -0.480 e. The third-order valence-corrected chi connectivity index (χ3v) is 3.91. The zero-order valence-corrected chi connectivity index (χ0v) is 12.3. The van der Waals surface area contributed by atoms with Crippen LogP contribution in [0, 0.1) is 0 Å². The maximum absolute atomic E-state index is 12.3. The van der Waals surface area contributed by atoms with E-state index < -0.39 is 12.0 Å². The summed E-state index contributed by atoms with van der Waals surface area (Å²) >= 11 is 0. The van der Waals surface area contributed by atoms with Crippen LogP contribution in [0.4, 0.5) is 10.5 Å². The van der Waals surface area contributed by atoms with E-state index in [-0.39, 0.29) is 6.03 Å². The lowest BCUT2D eigenvalue weighted by Gasteiger charge is -2.27. The topological polar surface area (TPSA) is 69.6 Å². The van der Waals surface area contributed by atoms with Crippen molar-refractivity contribution in [3.05, 3.63) is 29.8 Å². The van der Waals surface area contributed by atoms with Crippen molar-refractivity contribution in [2.45, 2.75) is 45.1 Å². The fourth-order valence-electron chi connectivity index (χ4n) is 2.63. The number of nitrogens with zero attached hydrogens (tertiary/aromatic N) is 1. The zero-order chi connectivity index (χ0) is 15.2. The number of anilines is 1. The van der Waals surface area contributed by atoms with Gasteiger partial charge in [-0.2, -0.15) is 0 Å². The van der Waals surface area contributed by atoms with E-state index in [1.54, 1.807) is 0 Å². The van der Waals surface area contributed by atoms with Crippen molar-refractivity contribution in [1.82, 2.24) is 4.90 Å². The Balaban J connectivity index is 2.06. The standard InChI is InChI=1S/C16H22N2O3/c1-2-12-7-9-13(10-8-12)17-16(21)18-11-5-3-4-6-14(18)15(19)20/h7-10,14H,2-6,11H2,1H3,(H,17,21)(H,19,20). The minimum atomic E-state index is -0.923. The molecule has 0 bridgehead atoms. The van der Waals surface area contributed by atoms with Crippen molar-refractivity contribution in [1.29, 1.82) is 0 Å². The second kappa shape index (κ2) is 7.11. The Bertz CT molecular complexity index is 499. The Labute approximate surface area is 125 Å². The molecule has 21 heavy (non-hydrogen) atoms. The highest BCUT2D eigenvalue weighted by Gasteiger charge is 2.30. The molecule has 2 N–H and O–H groups in total. The predicted molar refractivity (Wildman–Crippen MR) is 81.4 cm³/mol. The number of amides is 2. The first-order chi connectivity index (χ1) is 10.1. The molecule has 0 aliphatic carbocycles. The number of aryl methyl sites for hydroxylation is 1. The molecule has 1 atom stereocenters. The molecule has 0 aromatic heterocycles. The van der Waals surface area contributed by atoms with E-state index in [4.69, 9.17) is 0 Å². The molecule has 2 amide bonds. The van der Waals surface area contributed by atoms with Crippen molar-refractivity contribution in [3.8, 4) is 0 Å². The number of nitrogens with one attached hydrogen (secondary N) is 1. The van der Waals surface area contributed by atoms with Crippen molar-refractivity contribution in [3.63, 3.8) is 0 Å². The number of urea groups is 1. The second-order valence-corrected chi connectivity index (χ2v) is 5.38. The van der Waals surface area contributed by atoms with Gasteiger partial charge < -0.3 is 15.3 Å². The summed E-state index contributed by atoms with van der Waals surface area (Å²) in [6.45, 7) is 2.57. The van der Waals surface area contributed by atoms with E-state index >= 15 is 0 Å². The van der Waals surface area contributed by atoms with Gasteiger partial charge in [-0.3, -0.25) is 0 Å². The molecular weight excluding hydrogens is 268 g/mol. The maximum atomic E-state index is 12.3. The lowest BCUT2D eigenvalue weighted by atomic mass is 10.1. The number of carbonyl (C=O) groups excluding carboxylic acids is 1. The van der Waals surface area contributed by atoms with Gasteiger partial charge in [-0.25, -0.2) is 9.59 Å². The molecule has 5 heteroatoms. The molecular formula is C16H22N2O3. The summed E-state index contributed by atoms with van der Waals surface area (Å²) in [7, 11) is 0. The largest absolute Gasteiger partial charge is 0.480 e. The average molecular weight is 290 g/mol. The van der Waals surface area contributed by atoms with E-state index in [9.17, 15) is 14.7 Å². The van der Waals surface area contributed by atoms with Crippen molar-refractivity contribution in [2.75, 3.05) is 11.9 Å². The highest BCUT2D eigenvalue weighted by Crippen LogP contribution is 2.19. The Kier molecular flexibility index (Phi) is 5.20. The van der Waals surface area contributed by atoms with Gasteiger partial charge in [0.15, 0.2) is 0 Å². The molecule has 1 aromatic carbocycles. The number of rotatable bonds is 3. The summed E-state index contributed by atoms with van der Waals surface area (Å²) in [6, 6.07) is 6.59. The molecule has 1 saturated heterocycles. The van der Waals surface area contributed by atoms with Crippen molar-refractivity contribution >= 4 is 17.7 Å². The quantitative estimate of drug-likeness (QED) is 0.898. The summed E-state index contributed by atoms with van der Waals surface area (Å²) in [5.74, 6) is -0.923. The molecule has 0 radical (unpaired) electrons. The van der Waals surface area contributed by atoms with E-state index in [0.717, 1.165) is 25.7 Å². The number of carboxylic acid groups (broad SMARTS) is 1. The van der Waals surface area contributed by atoms with Crippen molar-refractivity contribution < 1.29 is 14.7 Å². The van der Waals surface area contributed by atoms with E-state index in [1.165, 1.54) is 10.5 Å². The monoisotopic (exact) mass is 290 g/mol. The van der Waals surface area contributed by atoms with Gasteiger partial charge in [0.2, 0.25) is 0 Å². The van der Waals surface area contributed by atoms with E-state index in [1.807, 2.05) is 24.3 Å². The molecule has 0 saturated carbocycles. The number of likely N-dealkylation sites (tertiary alicyclic amines) is 1. The summed E-state index contributed by atoms with van der Waals surface area (Å²) in [5.41, 5.74) is 1.90. The number of aliphatic carboxylic acids is 1. The van der Waals surface area contributed by atoms with Gasteiger partial charge >= 0.3 is 12.0 Å². The Morgan fingerprint density at radius 3 is 2.57 bits per heavy atom. The Morgan fingerprint density at radius 2 is 1.95 bits per heavy atom. The minimum absolute atomic E-state index is 0.325. The SMILES string of the molecule is CCc1ccc(NC(=O)N2CCCCCC2C(=O)O)cc1. The molecule has 1 aromatic rings. The van der Waals surface area contributed by atoms with Crippen LogP contribution in [0.25, 0.3) is 0 Å². The fourth-order valence-corrected chi connectivity index (χ4v) is 2.63. The smallest absolute Gasteiger partial charge is 0.326 e. The van der Waals surface area contributed by atoms with E-state index in [2.05, 4.69) is 12.2 Å². The van der Waals surface area contributed by atoms with Crippen LogP contribution in [0.5, 0.6) is 0 Å². The number of benzene rings is 1. The first kappa shape index (κ1) is 15.4. The van der Waals surface area contributed by atoms with Gasteiger partial charge in [-0.05, 0) is 37.0 Å². The number of carbonyl (C=O) groups is 2. The van der Waals surface area contributed by atoms with Gasteiger partial charge in [-0.15, -0.1) is 0 Å². The summed E-state index contributed by atoms with van der Waals surface area (Å²) in [5, 5.41) is 12.1. The van der Waals surface area contributed by atoms with Gasteiger partial charge in [0, 0.05) is 12.2 Å². The van der Waals surface area contributed by atoms with Crippen molar-refractivity contribution in [2.24, 2.45) is 0 Å². The summed E-state index contributed by atoms with van der Waals surface area (Å²) in [4.78, 5) is 25.1. The lowest BCUT2D eigenvalue weighted by molar-refractivity contribution is -0.142. The number of hydrogen-bond donors (Lipinski definition) is 2. The third-order valence-electron chi connectivity index (χ3n) is 3.91. The molecule has 1 heterocycles. The van der Waals surface area contributed by atoms with Crippen LogP contribution in [0.1, 0.15) is 38.2 Å². The van der Waals surface area contributed by atoms with Crippen LogP contribution < -0.4 is 5.32 Å². The first-order valence-corrected chi connectivity index (χ1v) is 7.51. The zero-order valence-electron chi connectivity index (χ0n) is 12.3. The molecule has 1 aliphatic heterocycles. The highest BCUT2D eigenvalue weighted by molar-refractivity contribution is 5.92. The van der Waals surface area contributed by atoms with E-state index in [0.29, 0.717) is 18.7 Å². The molecule has 1 fully saturated rings. The average Bonchev–Trinajstić information content (AvgIpc) is 2.74. The van der Waals surface area contributed by atoms with Gasteiger partial charge in [0.05, 0.1) is 0 Å². The number of carboxylic acids is 1. The summed E-state index contributed by atoms with van der Waals surface area (Å²) < 4.78 is 0. The predicted octanol–water partition coefficient (Wildman–Crippen LogP) is 3.11. The second-order valence-electron chi connectivity index (χ2n) is 5.38. The molecule has 2 rings (SSSR count). The van der Waals surface area contributed by atoms with Crippen LogP contribution in [-0.4, -0.2) is 34.6 Å². The summed E-state index contributed by atoms with van der Waals surface area (Å²) in [6.07, 6.45) is 4.15. The van der Waals surface area contributed by atoms with Gasteiger partial charge in [0.25, 0.3) is 0 Å². The van der Waals surface area contributed by atoms with Crippen LogP contribution in [0.2, 0.25) is 0 Å². The number of hydrogen-bond acceptors (Lipinski definition) is 2. The van der Waals surface area contributed by atoms with Crippen LogP contribution in [0.15, 0.2) is 24.3 Å². The molecule has 114 valence electrons. The van der Waals surface area contributed by atoms with Crippen LogP contribution >= 0.6 is 0 Å². The maximum Gasteiger partial charge on any atom is 0.326 e. The fraction of sp³-hybridized carbons (Fsp3) is 0.500. The Morgan fingerprint density at radius 1 is 1.24 bits per heavy atom. The molecule has 1 unspecified atom stereocenters. The normalized spacial score (nSPS) is 18.9. The van der Waals surface area contributed by atoms with Gasteiger partial charge in [-0.1, -0.05) is 31.9 Å². The highest BCUT2D eigenvalue weighted by atomic mass is 16.4. The van der Waals surface area contributed by atoms with Crippen LogP contribution in [-0.2, 0) is 11.2 Å².